The summed E-state index contributed by atoms with van der Waals surface area (Å²) in [6, 6.07) is 16.4. The van der Waals surface area contributed by atoms with E-state index in [1.165, 1.54) is 15.8 Å². The zero-order valence-electron chi connectivity index (χ0n) is 21.2. The van der Waals surface area contributed by atoms with Crippen molar-refractivity contribution in [2.45, 2.75) is 45.7 Å². The summed E-state index contributed by atoms with van der Waals surface area (Å²) in [4.78, 5) is 33.0. The van der Waals surface area contributed by atoms with Crippen molar-refractivity contribution in [3.05, 3.63) is 87.3 Å². The molecule has 0 bridgehead atoms. The molecule has 0 saturated carbocycles. The second-order valence-corrected chi connectivity index (χ2v) is 11.0. The van der Waals surface area contributed by atoms with E-state index in [0.717, 1.165) is 40.7 Å². The van der Waals surface area contributed by atoms with Crippen LogP contribution in [0.3, 0.4) is 0 Å². The Kier molecular flexibility index (Phi) is 6.15. The number of hydrogen-bond acceptors (Lipinski definition) is 6. The van der Waals surface area contributed by atoms with Crippen LogP contribution in [-0.2, 0) is 24.2 Å². The van der Waals surface area contributed by atoms with E-state index in [0.29, 0.717) is 23.2 Å². The molecule has 5 aromatic rings. The van der Waals surface area contributed by atoms with E-state index in [9.17, 15) is 14.7 Å². The lowest BCUT2D eigenvalue weighted by atomic mass is 9.89. The number of thiophene rings is 1. The van der Waals surface area contributed by atoms with Crippen molar-refractivity contribution in [3.8, 4) is 5.88 Å². The lowest BCUT2D eigenvalue weighted by molar-refractivity contribution is -0.121. The number of para-hydroxylation sites is 1. The number of hydrogen-bond donors (Lipinski definition) is 1. The maximum absolute atomic E-state index is 13.4. The number of fused-ring (bicyclic) bond motifs is 4. The van der Waals surface area contributed by atoms with Crippen LogP contribution in [0.25, 0.3) is 21.1 Å². The Morgan fingerprint density at radius 2 is 1.95 bits per heavy atom. The third-order valence-corrected chi connectivity index (χ3v) is 8.53. The van der Waals surface area contributed by atoms with Crippen LogP contribution in [0.2, 0.25) is 0 Å². The van der Waals surface area contributed by atoms with Gasteiger partial charge in [0.2, 0.25) is 5.88 Å². The first-order valence-corrected chi connectivity index (χ1v) is 13.5. The Hall–Kier alpha value is -4.11. The average Bonchev–Trinajstić information content (AvgIpc) is 3.42. The maximum atomic E-state index is 13.4. The molecule has 1 N–H and O–H groups in total. The minimum absolute atomic E-state index is 0.0707. The van der Waals surface area contributed by atoms with Crippen molar-refractivity contribution in [1.82, 2.24) is 14.1 Å². The number of benzene rings is 2. The summed E-state index contributed by atoms with van der Waals surface area (Å²) >= 11 is 1.58. The topological polar surface area (TPSA) is 102 Å². The molecule has 0 spiro atoms. The molecule has 8 nitrogen and oxygen atoms in total. The monoisotopic (exact) mass is 525 g/mol. The molecular formula is C29H27N5O3S. The van der Waals surface area contributed by atoms with E-state index >= 15 is 0 Å². The second-order valence-electron chi connectivity index (χ2n) is 9.96. The van der Waals surface area contributed by atoms with Crippen LogP contribution in [0.15, 0.2) is 75.9 Å². The Balaban J connectivity index is 1.32. The first kappa shape index (κ1) is 24.2. The highest BCUT2D eigenvalue weighted by molar-refractivity contribution is 7.18. The van der Waals surface area contributed by atoms with Crippen LogP contribution in [0.4, 0.5) is 5.69 Å². The molecule has 1 aliphatic carbocycles. The Bertz CT molecular complexity index is 1770. The highest BCUT2D eigenvalue weighted by Crippen LogP contribution is 2.39. The van der Waals surface area contributed by atoms with Gasteiger partial charge in [0, 0.05) is 10.3 Å². The second kappa shape index (κ2) is 9.64. The lowest BCUT2D eigenvalue weighted by Crippen LogP contribution is -2.28. The predicted octanol–water partition coefficient (Wildman–Crippen LogP) is 6.16. The Morgan fingerprint density at radius 3 is 2.76 bits per heavy atom. The van der Waals surface area contributed by atoms with E-state index in [1.54, 1.807) is 22.8 Å². The van der Waals surface area contributed by atoms with Crippen LogP contribution in [0, 0.1) is 5.92 Å². The number of rotatable bonds is 5. The van der Waals surface area contributed by atoms with Crippen molar-refractivity contribution in [2.24, 2.45) is 16.1 Å². The molecule has 2 aromatic carbocycles. The van der Waals surface area contributed by atoms with E-state index in [1.807, 2.05) is 54.6 Å². The predicted molar refractivity (Wildman–Crippen MR) is 148 cm³/mol. The maximum Gasteiger partial charge on any atom is 0.287 e. The van der Waals surface area contributed by atoms with Crippen LogP contribution < -0.4 is 5.56 Å². The summed E-state index contributed by atoms with van der Waals surface area (Å²) in [5.41, 5.74) is 2.88. The summed E-state index contributed by atoms with van der Waals surface area (Å²) < 4.78 is 3.09. The third kappa shape index (κ3) is 4.12. The smallest absolute Gasteiger partial charge is 0.287 e. The van der Waals surface area contributed by atoms with Crippen molar-refractivity contribution in [1.29, 1.82) is 0 Å². The normalized spacial score (nSPS) is 16.3. The number of nitrogens with zero attached hydrogens (tertiary/aromatic N) is 5. The van der Waals surface area contributed by atoms with E-state index in [-0.39, 0.29) is 17.1 Å². The van der Waals surface area contributed by atoms with E-state index in [2.05, 4.69) is 22.1 Å². The van der Waals surface area contributed by atoms with Gasteiger partial charge in [0.25, 0.3) is 11.5 Å². The minimum Gasteiger partial charge on any atom is -0.493 e. The fourth-order valence-electron chi connectivity index (χ4n) is 5.22. The van der Waals surface area contributed by atoms with Crippen molar-refractivity contribution >= 4 is 44.1 Å². The summed E-state index contributed by atoms with van der Waals surface area (Å²) in [5, 5.41) is 20.5. The van der Waals surface area contributed by atoms with E-state index in [4.69, 9.17) is 0 Å². The van der Waals surface area contributed by atoms with Gasteiger partial charge in [-0.05, 0) is 49.3 Å². The van der Waals surface area contributed by atoms with Crippen molar-refractivity contribution in [3.63, 3.8) is 0 Å². The molecule has 0 radical (unpaired) electrons. The molecule has 38 heavy (non-hydrogen) atoms. The van der Waals surface area contributed by atoms with Gasteiger partial charge in [-0.3, -0.25) is 14.2 Å². The molecule has 0 aliphatic heterocycles. The van der Waals surface area contributed by atoms with Gasteiger partial charge < -0.3 is 9.67 Å². The molecule has 9 heteroatoms. The van der Waals surface area contributed by atoms with Gasteiger partial charge in [-0.25, -0.2) is 4.98 Å². The molecule has 0 saturated heterocycles. The number of carbonyl (C=O) groups is 1. The van der Waals surface area contributed by atoms with Crippen LogP contribution in [0.1, 0.15) is 42.3 Å². The third-order valence-electron chi connectivity index (χ3n) is 7.37. The van der Waals surface area contributed by atoms with Gasteiger partial charge in [0.15, 0.2) is 5.69 Å². The quantitative estimate of drug-likeness (QED) is 0.278. The summed E-state index contributed by atoms with van der Waals surface area (Å²) in [7, 11) is 0. The van der Waals surface area contributed by atoms with Crippen LogP contribution in [0.5, 0.6) is 5.88 Å². The molecule has 1 aliphatic rings. The van der Waals surface area contributed by atoms with Crippen molar-refractivity contribution in [2.75, 3.05) is 0 Å². The number of azo groups is 1. The molecule has 192 valence electrons. The van der Waals surface area contributed by atoms with Gasteiger partial charge in [-0.2, -0.15) is 0 Å². The Labute approximate surface area is 222 Å². The molecule has 0 unspecified atom stereocenters. The molecule has 1 amide bonds. The molecule has 3 aromatic heterocycles. The highest BCUT2D eigenvalue weighted by Gasteiger charge is 2.25. The standard InChI is InChI=1S/C29H27N5O3S/c1-17-12-13-21-23(14-17)38-27-24(21)28(36)34(16-30-27)18(2)26(35)32-31-25-20-10-6-7-11-22(20)33(29(25)37)15-19-8-4-3-5-9-19/h3-11,16-18,37H,12-15H2,1-2H3/t17-,18-/m0/s1. The Morgan fingerprint density at radius 1 is 1.18 bits per heavy atom. The summed E-state index contributed by atoms with van der Waals surface area (Å²) in [6.07, 6.45) is 4.28. The number of aromatic hydroxyl groups is 1. The van der Waals surface area contributed by atoms with E-state index < -0.39 is 11.9 Å². The summed E-state index contributed by atoms with van der Waals surface area (Å²) in [6.45, 7) is 4.29. The fraction of sp³-hybridized carbons (Fsp3) is 0.276. The molecule has 6 rings (SSSR count). The van der Waals surface area contributed by atoms with Gasteiger partial charge in [0.1, 0.15) is 10.9 Å². The molecule has 0 fully saturated rings. The fourth-order valence-corrected chi connectivity index (χ4v) is 6.56. The van der Waals surface area contributed by atoms with Gasteiger partial charge in [-0.15, -0.1) is 21.6 Å². The first-order chi connectivity index (χ1) is 18.4. The zero-order valence-corrected chi connectivity index (χ0v) is 22.0. The molecule has 2 atom stereocenters. The number of aromatic nitrogens is 3. The van der Waals surface area contributed by atoms with Gasteiger partial charge in [-0.1, -0.05) is 55.5 Å². The highest BCUT2D eigenvalue weighted by atomic mass is 32.1. The largest absolute Gasteiger partial charge is 0.493 e. The number of aryl methyl sites for hydroxylation is 1. The SMILES string of the molecule is C[C@H]1CCc2c(sc3ncn([C@@H](C)C(=O)N=Nc4c(O)n(Cc5ccccc5)c5ccccc45)c(=O)c23)C1. The van der Waals surface area contributed by atoms with Gasteiger partial charge in [0.05, 0.1) is 23.8 Å². The zero-order chi connectivity index (χ0) is 26.4. The van der Waals surface area contributed by atoms with Gasteiger partial charge >= 0.3 is 0 Å². The molecular weight excluding hydrogens is 498 g/mol. The minimum atomic E-state index is -0.888. The van der Waals surface area contributed by atoms with Crippen molar-refractivity contribution < 1.29 is 9.90 Å². The average molecular weight is 526 g/mol. The molecule has 3 heterocycles. The number of carbonyl (C=O) groups excluding carboxylic acids is 1. The van der Waals surface area contributed by atoms with Crippen LogP contribution in [-0.4, -0.2) is 25.1 Å². The van der Waals surface area contributed by atoms with Crippen LogP contribution >= 0.6 is 11.3 Å². The summed E-state index contributed by atoms with van der Waals surface area (Å²) in [5.74, 6) is -0.0716. The lowest BCUT2D eigenvalue weighted by Gasteiger charge is -2.17. The first-order valence-electron chi connectivity index (χ1n) is 12.7. The number of amides is 1.